The van der Waals surface area contributed by atoms with Gasteiger partial charge in [-0.15, -0.1) is 0 Å². The van der Waals surface area contributed by atoms with Gasteiger partial charge >= 0.3 is 0 Å². The van der Waals surface area contributed by atoms with Crippen molar-refractivity contribution in [3.05, 3.63) is 0 Å². The van der Waals surface area contributed by atoms with Gasteiger partial charge in [-0.25, -0.2) is 5.48 Å². The van der Waals surface area contributed by atoms with E-state index in [0.29, 0.717) is 13.0 Å². The summed E-state index contributed by atoms with van der Waals surface area (Å²) in [5.41, 5.74) is 6.87. The smallest absolute Gasteiger partial charge is 0.212 e. The first kappa shape index (κ1) is 11.4. The standard InChI is InChI=1S/C6H15N3O2S/c1-5(12(2)11)3-4-8-6(7)9-10/h5,10H,3-4H2,1-2H3,(H3,7,8,9). The molecule has 0 aliphatic carbocycles. The zero-order chi connectivity index (χ0) is 9.56. The fourth-order valence-electron chi connectivity index (χ4n) is 0.568. The van der Waals surface area contributed by atoms with Gasteiger partial charge in [0.25, 0.3) is 0 Å². The van der Waals surface area contributed by atoms with Gasteiger partial charge in [-0.05, 0) is 6.42 Å². The molecule has 0 saturated heterocycles. The van der Waals surface area contributed by atoms with Crippen molar-refractivity contribution in [2.45, 2.75) is 18.6 Å². The summed E-state index contributed by atoms with van der Waals surface area (Å²) in [7, 11) is -0.820. The third-order valence-electron chi connectivity index (χ3n) is 1.50. The van der Waals surface area contributed by atoms with E-state index in [0.717, 1.165) is 0 Å². The van der Waals surface area contributed by atoms with Gasteiger partial charge in [-0.1, -0.05) is 6.92 Å². The Morgan fingerprint density at radius 1 is 1.83 bits per heavy atom. The van der Waals surface area contributed by atoms with Gasteiger partial charge in [0.05, 0.1) is 0 Å². The molecule has 0 spiro atoms. The lowest BCUT2D eigenvalue weighted by atomic mass is 10.3. The summed E-state index contributed by atoms with van der Waals surface area (Å²) in [6.45, 7) is 2.36. The molecule has 12 heavy (non-hydrogen) atoms. The topological polar surface area (TPSA) is 87.7 Å². The predicted octanol–water partition coefficient (Wildman–Crippen LogP) is -0.563. The molecule has 0 aromatic carbocycles. The average Bonchev–Trinajstić information content (AvgIpc) is 2.03. The van der Waals surface area contributed by atoms with Crippen LogP contribution < -0.4 is 11.2 Å². The lowest BCUT2D eigenvalue weighted by Gasteiger charge is -2.04. The molecule has 0 aliphatic heterocycles. The molecule has 0 aliphatic rings. The third kappa shape index (κ3) is 5.09. The molecule has 2 atom stereocenters. The number of nitrogens with two attached hydrogens (primary N) is 1. The largest absolute Gasteiger partial charge is 0.368 e. The molecular weight excluding hydrogens is 178 g/mol. The maximum atomic E-state index is 10.9. The molecule has 0 aromatic rings. The molecule has 5 nitrogen and oxygen atoms in total. The quantitative estimate of drug-likeness (QED) is 0.317. The summed E-state index contributed by atoms with van der Waals surface area (Å²) in [4.78, 5) is 3.76. The monoisotopic (exact) mass is 193 g/mol. The number of aliphatic imine (C=N–C) groups is 1. The molecule has 0 rings (SSSR count). The van der Waals surface area contributed by atoms with Crippen LogP contribution in [0, 0.1) is 0 Å². The number of hydrogen-bond acceptors (Lipinski definition) is 3. The number of hydroxylamine groups is 1. The Balaban J connectivity index is 3.62. The van der Waals surface area contributed by atoms with Gasteiger partial charge in [0.15, 0.2) is 0 Å². The molecule has 4 N–H and O–H groups in total. The summed E-state index contributed by atoms with van der Waals surface area (Å²) in [5, 5.41) is 8.35. The molecule has 6 heteroatoms. The zero-order valence-corrected chi connectivity index (χ0v) is 8.10. The Labute approximate surface area is 74.5 Å². The number of nitrogens with zero attached hydrogens (tertiary/aromatic N) is 1. The molecule has 0 saturated carbocycles. The van der Waals surface area contributed by atoms with Crippen LogP contribution in [0.3, 0.4) is 0 Å². The zero-order valence-electron chi connectivity index (χ0n) is 7.28. The van der Waals surface area contributed by atoms with Crippen LogP contribution >= 0.6 is 0 Å². The van der Waals surface area contributed by atoms with Crippen LogP contribution in [0.5, 0.6) is 0 Å². The van der Waals surface area contributed by atoms with Crippen LogP contribution in [-0.4, -0.2) is 33.4 Å². The normalized spacial score (nSPS) is 17.1. The van der Waals surface area contributed by atoms with E-state index < -0.39 is 10.8 Å². The minimum Gasteiger partial charge on any atom is -0.368 e. The van der Waals surface area contributed by atoms with E-state index in [1.54, 1.807) is 11.7 Å². The molecule has 0 amide bonds. The minimum absolute atomic E-state index is 0.0101. The molecule has 0 aromatic heterocycles. The number of rotatable bonds is 4. The van der Waals surface area contributed by atoms with E-state index in [-0.39, 0.29) is 11.2 Å². The van der Waals surface area contributed by atoms with Crippen molar-refractivity contribution < 1.29 is 9.42 Å². The van der Waals surface area contributed by atoms with Gasteiger partial charge < -0.3 is 5.73 Å². The first-order chi connectivity index (χ1) is 5.57. The summed E-state index contributed by atoms with van der Waals surface area (Å²) < 4.78 is 10.9. The van der Waals surface area contributed by atoms with Crippen LogP contribution in [0.15, 0.2) is 4.99 Å². The Morgan fingerprint density at radius 2 is 2.42 bits per heavy atom. The molecule has 0 heterocycles. The van der Waals surface area contributed by atoms with Gasteiger partial charge in [-0.3, -0.25) is 14.4 Å². The average molecular weight is 193 g/mol. The molecule has 2 unspecified atom stereocenters. The van der Waals surface area contributed by atoms with E-state index in [9.17, 15) is 4.21 Å². The van der Waals surface area contributed by atoms with E-state index in [2.05, 4.69) is 4.99 Å². The molecule has 72 valence electrons. The lowest BCUT2D eigenvalue weighted by Crippen LogP contribution is -2.28. The second-order valence-electron chi connectivity index (χ2n) is 2.48. The highest BCUT2D eigenvalue weighted by Crippen LogP contribution is 1.98. The van der Waals surface area contributed by atoms with Crippen molar-refractivity contribution in [1.82, 2.24) is 5.48 Å². The maximum absolute atomic E-state index is 10.9. The number of hydrogen-bond donors (Lipinski definition) is 3. The first-order valence-electron chi connectivity index (χ1n) is 3.60. The Kier molecular flexibility index (Phi) is 5.65. The minimum atomic E-state index is -0.820. The van der Waals surface area contributed by atoms with E-state index in [1.165, 1.54) is 0 Å². The summed E-state index contributed by atoms with van der Waals surface area (Å²) in [5.74, 6) is -0.0101. The fourth-order valence-corrected chi connectivity index (χ4v) is 1.01. The van der Waals surface area contributed by atoms with Crippen molar-refractivity contribution >= 4 is 16.8 Å². The van der Waals surface area contributed by atoms with Crippen molar-refractivity contribution in [3.63, 3.8) is 0 Å². The highest BCUT2D eigenvalue weighted by atomic mass is 32.2. The van der Waals surface area contributed by atoms with Gasteiger partial charge in [-0.2, -0.15) is 0 Å². The predicted molar refractivity (Wildman–Crippen MR) is 49.6 cm³/mol. The van der Waals surface area contributed by atoms with Crippen LogP contribution in [0.4, 0.5) is 0 Å². The van der Waals surface area contributed by atoms with Gasteiger partial charge in [0.2, 0.25) is 5.96 Å². The van der Waals surface area contributed by atoms with Crippen LogP contribution in [-0.2, 0) is 10.8 Å². The highest BCUT2D eigenvalue weighted by Gasteiger charge is 2.04. The van der Waals surface area contributed by atoms with Crippen molar-refractivity contribution in [3.8, 4) is 0 Å². The highest BCUT2D eigenvalue weighted by molar-refractivity contribution is 7.84. The molecule has 0 fully saturated rings. The second-order valence-corrected chi connectivity index (χ2v) is 4.28. The van der Waals surface area contributed by atoms with Gasteiger partial charge in [0, 0.05) is 28.9 Å². The fraction of sp³-hybridized carbons (Fsp3) is 0.833. The van der Waals surface area contributed by atoms with Crippen molar-refractivity contribution in [2.75, 3.05) is 12.8 Å². The molecular formula is C6H15N3O2S. The Hall–Kier alpha value is -0.620. The first-order valence-corrected chi connectivity index (χ1v) is 5.22. The van der Waals surface area contributed by atoms with Crippen LogP contribution in [0.2, 0.25) is 0 Å². The Bertz CT molecular complexity index is 184. The third-order valence-corrected chi connectivity index (χ3v) is 2.87. The number of guanidine groups is 1. The van der Waals surface area contributed by atoms with Crippen LogP contribution in [0.1, 0.15) is 13.3 Å². The molecule has 0 radical (unpaired) electrons. The van der Waals surface area contributed by atoms with Crippen LogP contribution in [0.25, 0.3) is 0 Å². The lowest BCUT2D eigenvalue weighted by molar-refractivity contribution is 0.232. The van der Waals surface area contributed by atoms with Gasteiger partial charge in [0.1, 0.15) is 0 Å². The summed E-state index contributed by atoms with van der Waals surface area (Å²) >= 11 is 0. The van der Waals surface area contributed by atoms with E-state index in [4.69, 9.17) is 10.9 Å². The molecule has 0 bridgehead atoms. The second kappa shape index (κ2) is 5.96. The summed E-state index contributed by atoms with van der Waals surface area (Å²) in [6.07, 6.45) is 2.35. The van der Waals surface area contributed by atoms with Crippen molar-refractivity contribution in [1.29, 1.82) is 0 Å². The summed E-state index contributed by atoms with van der Waals surface area (Å²) in [6, 6.07) is 0. The van der Waals surface area contributed by atoms with E-state index in [1.807, 2.05) is 6.92 Å². The number of nitrogens with one attached hydrogen (secondary N) is 1. The van der Waals surface area contributed by atoms with Crippen molar-refractivity contribution in [2.24, 2.45) is 10.7 Å². The SMILES string of the molecule is CC(CCN=C(N)NO)S(C)=O. The van der Waals surface area contributed by atoms with E-state index >= 15 is 0 Å². The maximum Gasteiger partial charge on any atom is 0.212 e. The Morgan fingerprint density at radius 3 is 2.83 bits per heavy atom.